The van der Waals surface area contributed by atoms with Gasteiger partial charge in [0.15, 0.2) is 0 Å². The van der Waals surface area contributed by atoms with E-state index in [0.717, 1.165) is 6.07 Å². The molecule has 4 nitrogen and oxygen atoms in total. The molecule has 2 rings (SSSR count). The number of benzene rings is 2. The molecular weight excluding hydrogens is 237 g/mol. The summed E-state index contributed by atoms with van der Waals surface area (Å²) in [5.74, 6) is -1.70. The van der Waals surface area contributed by atoms with Crippen molar-refractivity contribution < 1.29 is 19.4 Å². The van der Waals surface area contributed by atoms with Gasteiger partial charge in [0.2, 0.25) is 0 Å². The Balaban J connectivity index is 2.28. The average molecular weight is 247 g/mol. The summed E-state index contributed by atoms with van der Waals surface area (Å²) < 4.78 is 13.2. The highest BCUT2D eigenvalue weighted by molar-refractivity contribution is 5.89. The van der Waals surface area contributed by atoms with Gasteiger partial charge in [-0.1, -0.05) is 0 Å². The zero-order valence-electron chi connectivity index (χ0n) is 9.22. The Hall–Kier alpha value is -2.56. The molecule has 0 aromatic heterocycles. The number of nitrogens with one attached hydrogen (secondary N) is 1. The second-order valence-corrected chi connectivity index (χ2v) is 3.71. The van der Waals surface area contributed by atoms with Crippen molar-refractivity contribution in [3.05, 3.63) is 53.8 Å². The molecule has 0 amide bonds. The number of hydrogen-bond acceptors (Lipinski definition) is 3. The molecule has 18 heavy (non-hydrogen) atoms. The smallest absolute Gasteiger partial charge is 0.335 e. The summed E-state index contributed by atoms with van der Waals surface area (Å²) in [6.45, 7) is 0. The SMILES string of the molecule is O=C(O)c1cc(F)cc(Nc2ccc(O)cc2)c1. The Bertz CT molecular complexity index is 581. The molecule has 0 saturated heterocycles. The molecule has 0 atom stereocenters. The fourth-order valence-electron chi connectivity index (χ4n) is 1.50. The van der Waals surface area contributed by atoms with Crippen LogP contribution < -0.4 is 5.32 Å². The molecule has 0 heterocycles. The predicted octanol–water partition coefficient (Wildman–Crippen LogP) is 2.97. The number of aromatic carboxylic acids is 1. The van der Waals surface area contributed by atoms with Gasteiger partial charge in [0.1, 0.15) is 11.6 Å². The van der Waals surface area contributed by atoms with Crippen molar-refractivity contribution in [3.8, 4) is 5.75 Å². The molecule has 5 heteroatoms. The third-order valence-corrected chi connectivity index (χ3v) is 2.30. The monoisotopic (exact) mass is 247 g/mol. The Kier molecular flexibility index (Phi) is 3.14. The number of anilines is 2. The molecule has 0 bridgehead atoms. The normalized spacial score (nSPS) is 10.1. The van der Waals surface area contributed by atoms with E-state index in [1.165, 1.54) is 24.3 Å². The highest BCUT2D eigenvalue weighted by Gasteiger charge is 2.07. The van der Waals surface area contributed by atoms with Gasteiger partial charge in [-0.05, 0) is 42.5 Å². The van der Waals surface area contributed by atoms with Crippen LogP contribution in [-0.2, 0) is 0 Å². The highest BCUT2D eigenvalue weighted by atomic mass is 19.1. The van der Waals surface area contributed by atoms with Gasteiger partial charge in [0, 0.05) is 11.4 Å². The van der Waals surface area contributed by atoms with E-state index in [4.69, 9.17) is 10.2 Å². The zero-order chi connectivity index (χ0) is 13.1. The Morgan fingerprint density at radius 2 is 1.72 bits per heavy atom. The molecule has 2 aromatic rings. The Labute approximate surface area is 102 Å². The van der Waals surface area contributed by atoms with Crippen LogP contribution >= 0.6 is 0 Å². The summed E-state index contributed by atoms with van der Waals surface area (Å²) in [5.41, 5.74) is 0.823. The van der Waals surface area contributed by atoms with Gasteiger partial charge in [-0.15, -0.1) is 0 Å². The van der Waals surface area contributed by atoms with Crippen molar-refractivity contribution in [1.82, 2.24) is 0 Å². The van der Waals surface area contributed by atoms with Crippen molar-refractivity contribution in [2.24, 2.45) is 0 Å². The third-order valence-electron chi connectivity index (χ3n) is 2.30. The van der Waals surface area contributed by atoms with Gasteiger partial charge in [-0.3, -0.25) is 0 Å². The first-order valence-electron chi connectivity index (χ1n) is 5.14. The minimum absolute atomic E-state index is 0.117. The Morgan fingerprint density at radius 3 is 2.33 bits per heavy atom. The maximum Gasteiger partial charge on any atom is 0.335 e. The maximum absolute atomic E-state index is 13.2. The van der Waals surface area contributed by atoms with Crippen LogP contribution in [-0.4, -0.2) is 16.2 Å². The van der Waals surface area contributed by atoms with Crippen LogP contribution in [0, 0.1) is 5.82 Å². The first kappa shape index (κ1) is 11.9. The zero-order valence-corrected chi connectivity index (χ0v) is 9.22. The van der Waals surface area contributed by atoms with Crippen molar-refractivity contribution >= 4 is 17.3 Å². The minimum Gasteiger partial charge on any atom is -0.508 e. The van der Waals surface area contributed by atoms with E-state index in [1.54, 1.807) is 12.1 Å². The van der Waals surface area contributed by atoms with Crippen molar-refractivity contribution in [1.29, 1.82) is 0 Å². The molecule has 0 fully saturated rings. The van der Waals surface area contributed by atoms with Gasteiger partial charge in [-0.25, -0.2) is 9.18 Å². The van der Waals surface area contributed by atoms with E-state index in [0.29, 0.717) is 11.4 Å². The van der Waals surface area contributed by atoms with Gasteiger partial charge in [-0.2, -0.15) is 0 Å². The van der Waals surface area contributed by atoms with E-state index in [2.05, 4.69) is 5.32 Å². The molecular formula is C13H10FNO3. The lowest BCUT2D eigenvalue weighted by Crippen LogP contribution is -1.99. The van der Waals surface area contributed by atoms with E-state index < -0.39 is 11.8 Å². The number of phenols is 1. The van der Waals surface area contributed by atoms with Crippen LogP contribution in [0.4, 0.5) is 15.8 Å². The predicted molar refractivity (Wildman–Crippen MR) is 64.7 cm³/mol. The number of halogens is 1. The van der Waals surface area contributed by atoms with Crippen LogP contribution in [0.2, 0.25) is 0 Å². The summed E-state index contributed by atoms with van der Waals surface area (Å²) in [6, 6.07) is 9.61. The highest BCUT2D eigenvalue weighted by Crippen LogP contribution is 2.21. The van der Waals surface area contributed by atoms with Crippen molar-refractivity contribution in [2.45, 2.75) is 0 Å². The van der Waals surface area contributed by atoms with Gasteiger partial charge < -0.3 is 15.5 Å². The van der Waals surface area contributed by atoms with E-state index in [9.17, 15) is 9.18 Å². The summed E-state index contributed by atoms with van der Waals surface area (Å²) in [7, 11) is 0. The summed E-state index contributed by atoms with van der Waals surface area (Å²) in [4.78, 5) is 10.8. The molecule has 0 radical (unpaired) electrons. The molecule has 3 N–H and O–H groups in total. The van der Waals surface area contributed by atoms with Crippen molar-refractivity contribution in [3.63, 3.8) is 0 Å². The first-order chi connectivity index (χ1) is 8.54. The second kappa shape index (κ2) is 4.75. The quantitative estimate of drug-likeness (QED) is 0.729. The molecule has 0 saturated carbocycles. The van der Waals surface area contributed by atoms with Crippen LogP contribution in [0.5, 0.6) is 5.75 Å². The van der Waals surface area contributed by atoms with Crippen LogP contribution in [0.3, 0.4) is 0 Å². The number of rotatable bonds is 3. The number of carbonyl (C=O) groups is 1. The fraction of sp³-hybridized carbons (Fsp3) is 0. The largest absolute Gasteiger partial charge is 0.508 e. The van der Waals surface area contributed by atoms with E-state index in [-0.39, 0.29) is 11.3 Å². The number of carboxylic acids is 1. The standard InChI is InChI=1S/C13H10FNO3/c14-9-5-8(13(17)18)6-11(7-9)15-10-1-3-12(16)4-2-10/h1-7,15-16H,(H,17,18). The first-order valence-corrected chi connectivity index (χ1v) is 5.14. The van der Waals surface area contributed by atoms with Gasteiger partial charge in [0.05, 0.1) is 5.56 Å². The molecule has 0 aliphatic carbocycles. The van der Waals surface area contributed by atoms with E-state index >= 15 is 0 Å². The maximum atomic E-state index is 13.2. The molecule has 0 spiro atoms. The topological polar surface area (TPSA) is 69.6 Å². The molecule has 92 valence electrons. The lowest BCUT2D eigenvalue weighted by Gasteiger charge is -2.07. The number of carboxylic acid groups (broad SMARTS) is 1. The van der Waals surface area contributed by atoms with E-state index in [1.807, 2.05) is 0 Å². The fourth-order valence-corrected chi connectivity index (χ4v) is 1.50. The number of phenolic OH excluding ortho intramolecular Hbond substituents is 1. The summed E-state index contributed by atoms with van der Waals surface area (Å²) >= 11 is 0. The molecule has 0 unspecified atom stereocenters. The van der Waals surface area contributed by atoms with Crippen LogP contribution in [0.1, 0.15) is 10.4 Å². The minimum atomic E-state index is -1.19. The Morgan fingerprint density at radius 1 is 1.06 bits per heavy atom. The molecule has 2 aromatic carbocycles. The van der Waals surface area contributed by atoms with Gasteiger partial charge in [0.25, 0.3) is 0 Å². The summed E-state index contributed by atoms with van der Waals surface area (Å²) in [5, 5.41) is 20.8. The van der Waals surface area contributed by atoms with Gasteiger partial charge >= 0.3 is 5.97 Å². The van der Waals surface area contributed by atoms with Crippen LogP contribution in [0.15, 0.2) is 42.5 Å². The van der Waals surface area contributed by atoms with Crippen molar-refractivity contribution in [2.75, 3.05) is 5.32 Å². The lowest BCUT2D eigenvalue weighted by atomic mass is 10.2. The number of aromatic hydroxyl groups is 1. The third kappa shape index (κ3) is 2.76. The molecule has 0 aliphatic heterocycles. The average Bonchev–Trinajstić information content (AvgIpc) is 2.31. The molecule has 0 aliphatic rings. The number of hydrogen-bond donors (Lipinski definition) is 3. The van der Waals surface area contributed by atoms with Crippen LogP contribution in [0.25, 0.3) is 0 Å². The summed E-state index contributed by atoms with van der Waals surface area (Å²) in [6.07, 6.45) is 0. The second-order valence-electron chi connectivity index (χ2n) is 3.71. The lowest BCUT2D eigenvalue weighted by molar-refractivity contribution is 0.0696.